The first-order valence-electron chi connectivity index (χ1n) is 7.29. The van der Waals surface area contributed by atoms with Crippen LogP contribution in [0, 0.1) is 0 Å². The van der Waals surface area contributed by atoms with Crippen molar-refractivity contribution in [2.45, 2.75) is 64.5 Å². The molecule has 1 atom stereocenters. The van der Waals surface area contributed by atoms with E-state index in [1.807, 2.05) is 4.90 Å². The third-order valence-electron chi connectivity index (χ3n) is 3.51. The average molecular weight is 256 g/mol. The molecule has 1 rings (SSSR count). The van der Waals surface area contributed by atoms with Gasteiger partial charge in [-0.1, -0.05) is 13.8 Å². The summed E-state index contributed by atoms with van der Waals surface area (Å²) in [6.45, 7) is 6.29. The quantitative estimate of drug-likeness (QED) is 0.648. The highest BCUT2D eigenvalue weighted by molar-refractivity contribution is 5.76. The van der Waals surface area contributed by atoms with E-state index in [1.54, 1.807) is 0 Å². The minimum absolute atomic E-state index is 0.233. The van der Waals surface area contributed by atoms with Crippen LogP contribution in [-0.4, -0.2) is 47.7 Å². The van der Waals surface area contributed by atoms with Crippen molar-refractivity contribution in [3.8, 4) is 0 Å². The Bertz CT molecular complexity index is 244. The van der Waals surface area contributed by atoms with E-state index in [2.05, 4.69) is 19.2 Å². The molecule has 1 heterocycles. The molecule has 4 nitrogen and oxygen atoms in total. The van der Waals surface area contributed by atoms with Crippen LogP contribution in [0.1, 0.15) is 52.4 Å². The number of aliphatic hydroxyl groups excluding tert-OH is 1. The fourth-order valence-electron chi connectivity index (χ4n) is 2.57. The van der Waals surface area contributed by atoms with Crippen molar-refractivity contribution in [2.24, 2.45) is 0 Å². The predicted octanol–water partition coefficient (Wildman–Crippen LogP) is 1.53. The molecule has 0 saturated carbocycles. The summed E-state index contributed by atoms with van der Waals surface area (Å²) < 4.78 is 0. The van der Waals surface area contributed by atoms with Gasteiger partial charge in [0.05, 0.1) is 0 Å². The molecule has 1 aliphatic rings. The standard InChI is InChI=1S/C14H28N2O2/c1-12(2)15-9-3-8-14(18)16-10-4-6-13(16)7-5-11-17/h12-13,15,17H,3-11H2,1-2H3. The maximum absolute atomic E-state index is 12.1. The first kappa shape index (κ1) is 15.4. The van der Waals surface area contributed by atoms with Crippen LogP contribution in [0.5, 0.6) is 0 Å². The molecule has 1 unspecified atom stereocenters. The molecule has 0 aromatic carbocycles. The van der Waals surface area contributed by atoms with E-state index >= 15 is 0 Å². The van der Waals surface area contributed by atoms with Gasteiger partial charge >= 0.3 is 0 Å². The summed E-state index contributed by atoms with van der Waals surface area (Å²) in [6, 6.07) is 0.867. The van der Waals surface area contributed by atoms with Crippen LogP contribution in [-0.2, 0) is 4.79 Å². The lowest BCUT2D eigenvalue weighted by Gasteiger charge is -2.24. The molecule has 1 saturated heterocycles. The molecule has 0 bridgehead atoms. The third-order valence-corrected chi connectivity index (χ3v) is 3.51. The number of rotatable bonds is 8. The van der Waals surface area contributed by atoms with E-state index in [1.165, 1.54) is 0 Å². The lowest BCUT2D eigenvalue weighted by molar-refractivity contribution is -0.132. The SMILES string of the molecule is CC(C)NCCCC(=O)N1CCCC1CCCO. The molecular weight excluding hydrogens is 228 g/mol. The van der Waals surface area contributed by atoms with Crippen LogP contribution in [0.25, 0.3) is 0 Å². The zero-order valence-electron chi connectivity index (χ0n) is 11.8. The van der Waals surface area contributed by atoms with Gasteiger partial charge in [0.25, 0.3) is 0 Å². The van der Waals surface area contributed by atoms with Crippen molar-refractivity contribution in [1.29, 1.82) is 0 Å². The summed E-state index contributed by atoms with van der Waals surface area (Å²) >= 11 is 0. The molecule has 1 amide bonds. The van der Waals surface area contributed by atoms with Crippen molar-refractivity contribution in [1.82, 2.24) is 10.2 Å². The van der Waals surface area contributed by atoms with Crippen LogP contribution in [0.4, 0.5) is 0 Å². The zero-order valence-corrected chi connectivity index (χ0v) is 11.8. The normalized spacial score (nSPS) is 19.8. The van der Waals surface area contributed by atoms with Crippen molar-refractivity contribution in [3.05, 3.63) is 0 Å². The highest BCUT2D eigenvalue weighted by Gasteiger charge is 2.27. The highest BCUT2D eigenvalue weighted by Crippen LogP contribution is 2.22. The topological polar surface area (TPSA) is 52.6 Å². The third kappa shape index (κ3) is 5.36. The van der Waals surface area contributed by atoms with Gasteiger partial charge in [-0.25, -0.2) is 0 Å². The number of hydrogen-bond donors (Lipinski definition) is 2. The second-order valence-electron chi connectivity index (χ2n) is 5.46. The van der Waals surface area contributed by atoms with Crippen molar-refractivity contribution in [3.63, 3.8) is 0 Å². The molecule has 106 valence electrons. The summed E-state index contributed by atoms with van der Waals surface area (Å²) in [5.41, 5.74) is 0. The minimum atomic E-state index is 0.233. The van der Waals surface area contributed by atoms with Gasteiger partial charge in [-0.2, -0.15) is 0 Å². The Labute approximate surface area is 111 Å². The van der Waals surface area contributed by atoms with Gasteiger partial charge in [-0.3, -0.25) is 4.79 Å². The highest BCUT2D eigenvalue weighted by atomic mass is 16.3. The van der Waals surface area contributed by atoms with E-state index in [9.17, 15) is 4.79 Å². The first-order valence-corrected chi connectivity index (χ1v) is 7.29. The number of likely N-dealkylation sites (tertiary alicyclic amines) is 1. The van der Waals surface area contributed by atoms with Crippen molar-refractivity contribution in [2.75, 3.05) is 19.7 Å². The zero-order chi connectivity index (χ0) is 13.4. The molecule has 1 aliphatic heterocycles. The lowest BCUT2D eigenvalue weighted by atomic mass is 10.1. The minimum Gasteiger partial charge on any atom is -0.396 e. The Morgan fingerprint density at radius 2 is 2.22 bits per heavy atom. The second kappa shape index (κ2) is 8.48. The summed E-state index contributed by atoms with van der Waals surface area (Å²) in [5.74, 6) is 0.293. The Balaban J connectivity index is 2.22. The van der Waals surface area contributed by atoms with Crippen LogP contribution < -0.4 is 5.32 Å². The smallest absolute Gasteiger partial charge is 0.222 e. The summed E-state index contributed by atoms with van der Waals surface area (Å²) in [5, 5.41) is 12.2. The van der Waals surface area contributed by atoms with Crippen molar-refractivity contribution < 1.29 is 9.90 Å². The van der Waals surface area contributed by atoms with Gasteiger partial charge < -0.3 is 15.3 Å². The van der Waals surface area contributed by atoms with Crippen LogP contribution >= 0.6 is 0 Å². The molecule has 0 radical (unpaired) electrons. The van der Waals surface area contributed by atoms with E-state index in [0.717, 1.165) is 45.2 Å². The summed E-state index contributed by atoms with van der Waals surface area (Å²) in [7, 11) is 0. The average Bonchev–Trinajstić information content (AvgIpc) is 2.79. The molecule has 0 aromatic heterocycles. The summed E-state index contributed by atoms with van der Waals surface area (Å²) in [6.07, 6.45) is 5.55. The predicted molar refractivity (Wildman–Crippen MR) is 73.4 cm³/mol. The molecule has 18 heavy (non-hydrogen) atoms. The number of carbonyl (C=O) groups excluding carboxylic acids is 1. The lowest BCUT2D eigenvalue weighted by Crippen LogP contribution is -2.36. The number of carbonyl (C=O) groups is 1. The van der Waals surface area contributed by atoms with Gasteiger partial charge in [-0.15, -0.1) is 0 Å². The van der Waals surface area contributed by atoms with Crippen LogP contribution in [0.2, 0.25) is 0 Å². The number of amides is 1. The number of nitrogens with one attached hydrogen (secondary N) is 1. The maximum Gasteiger partial charge on any atom is 0.222 e. The Hall–Kier alpha value is -0.610. The maximum atomic E-state index is 12.1. The van der Waals surface area contributed by atoms with Gasteiger partial charge in [0.1, 0.15) is 0 Å². The summed E-state index contributed by atoms with van der Waals surface area (Å²) in [4.78, 5) is 14.1. The van der Waals surface area contributed by atoms with Gasteiger partial charge in [0.15, 0.2) is 0 Å². The van der Waals surface area contributed by atoms with Gasteiger partial charge in [0.2, 0.25) is 5.91 Å². The van der Waals surface area contributed by atoms with Crippen LogP contribution in [0.3, 0.4) is 0 Å². The fourth-order valence-corrected chi connectivity index (χ4v) is 2.57. The van der Waals surface area contributed by atoms with E-state index in [4.69, 9.17) is 5.11 Å². The van der Waals surface area contributed by atoms with E-state index in [-0.39, 0.29) is 6.61 Å². The Kier molecular flexibility index (Phi) is 7.28. The molecule has 1 fully saturated rings. The molecule has 4 heteroatoms. The largest absolute Gasteiger partial charge is 0.396 e. The van der Waals surface area contributed by atoms with E-state index in [0.29, 0.717) is 24.4 Å². The molecular formula is C14H28N2O2. The monoisotopic (exact) mass is 256 g/mol. The van der Waals surface area contributed by atoms with Gasteiger partial charge in [0, 0.05) is 31.7 Å². The van der Waals surface area contributed by atoms with E-state index < -0.39 is 0 Å². The molecule has 0 aliphatic carbocycles. The Morgan fingerprint density at radius 3 is 2.89 bits per heavy atom. The van der Waals surface area contributed by atoms with Gasteiger partial charge in [-0.05, 0) is 38.6 Å². The van der Waals surface area contributed by atoms with Crippen LogP contribution in [0.15, 0.2) is 0 Å². The first-order chi connectivity index (χ1) is 8.65. The fraction of sp³-hybridized carbons (Fsp3) is 0.929. The number of aliphatic hydroxyl groups is 1. The Morgan fingerprint density at radius 1 is 1.44 bits per heavy atom. The molecule has 0 spiro atoms. The second-order valence-corrected chi connectivity index (χ2v) is 5.46. The number of hydrogen-bond acceptors (Lipinski definition) is 3. The number of nitrogens with zero attached hydrogens (tertiary/aromatic N) is 1. The molecule has 2 N–H and O–H groups in total. The molecule has 0 aromatic rings. The van der Waals surface area contributed by atoms with Crippen molar-refractivity contribution >= 4 is 5.91 Å².